The second-order valence-corrected chi connectivity index (χ2v) is 6.26. The molecule has 0 aromatic heterocycles. The molecule has 1 aliphatic heterocycles. The summed E-state index contributed by atoms with van der Waals surface area (Å²) in [4.78, 5) is 14.6. The Hall–Kier alpha value is -1.35. The van der Waals surface area contributed by atoms with Gasteiger partial charge in [-0.3, -0.25) is 4.79 Å². The number of nitrogens with one attached hydrogen (secondary N) is 1. The number of carbonyl (C=O) groups is 1. The zero-order chi connectivity index (χ0) is 14.7. The molecule has 1 heterocycles. The fraction of sp³-hybridized carbons (Fsp3) is 0.588. The standard InChI is InChI=1S/C17H26N2O/c1-12(2)11-13(3)19(4)17(20)16-15-8-6-5-7-14(15)9-10-18-16/h5-8,12-13,16,18H,9-11H2,1-4H3. The van der Waals surface area contributed by atoms with Crippen LogP contribution in [0.5, 0.6) is 0 Å². The number of nitrogens with zero attached hydrogens (tertiary/aromatic N) is 1. The lowest BCUT2D eigenvalue weighted by atomic mass is 9.93. The van der Waals surface area contributed by atoms with Crippen LogP contribution in [0.15, 0.2) is 24.3 Å². The highest BCUT2D eigenvalue weighted by molar-refractivity contribution is 5.84. The summed E-state index contributed by atoms with van der Waals surface area (Å²) in [6, 6.07) is 8.37. The molecule has 3 heteroatoms. The summed E-state index contributed by atoms with van der Waals surface area (Å²) in [7, 11) is 1.92. The lowest BCUT2D eigenvalue weighted by molar-refractivity contribution is -0.134. The molecule has 0 saturated carbocycles. The Morgan fingerprint density at radius 1 is 1.35 bits per heavy atom. The topological polar surface area (TPSA) is 32.3 Å². The fourth-order valence-corrected chi connectivity index (χ4v) is 2.99. The van der Waals surface area contributed by atoms with Crippen LogP contribution in [0, 0.1) is 5.92 Å². The van der Waals surface area contributed by atoms with Gasteiger partial charge >= 0.3 is 0 Å². The Morgan fingerprint density at radius 3 is 2.75 bits per heavy atom. The Labute approximate surface area is 122 Å². The van der Waals surface area contributed by atoms with Crippen molar-refractivity contribution in [1.29, 1.82) is 0 Å². The molecule has 2 unspecified atom stereocenters. The number of hydrogen-bond donors (Lipinski definition) is 1. The molecule has 1 aromatic carbocycles. The van der Waals surface area contributed by atoms with Crippen LogP contribution in [-0.2, 0) is 11.2 Å². The van der Waals surface area contributed by atoms with Crippen LogP contribution < -0.4 is 5.32 Å². The summed E-state index contributed by atoms with van der Waals surface area (Å²) in [6.45, 7) is 7.40. The first-order chi connectivity index (χ1) is 9.50. The second-order valence-electron chi connectivity index (χ2n) is 6.26. The van der Waals surface area contributed by atoms with E-state index in [9.17, 15) is 4.79 Å². The van der Waals surface area contributed by atoms with E-state index < -0.39 is 0 Å². The molecule has 2 rings (SSSR count). The molecule has 0 bridgehead atoms. The smallest absolute Gasteiger partial charge is 0.244 e. The molecular formula is C17H26N2O. The summed E-state index contributed by atoms with van der Waals surface area (Å²) in [6.07, 6.45) is 2.04. The number of benzene rings is 1. The SMILES string of the molecule is CC(C)CC(C)N(C)C(=O)C1NCCc2ccccc21. The third-order valence-corrected chi connectivity index (χ3v) is 4.18. The first-order valence-corrected chi connectivity index (χ1v) is 7.58. The van der Waals surface area contributed by atoms with Gasteiger partial charge in [0.1, 0.15) is 6.04 Å². The van der Waals surface area contributed by atoms with Crippen molar-refractivity contribution in [2.75, 3.05) is 13.6 Å². The average Bonchev–Trinajstić information content (AvgIpc) is 2.44. The predicted molar refractivity (Wildman–Crippen MR) is 82.6 cm³/mol. The first kappa shape index (κ1) is 15.0. The molecule has 1 amide bonds. The summed E-state index contributed by atoms with van der Waals surface area (Å²) in [5.74, 6) is 0.789. The van der Waals surface area contributed by atoms with Crippen molar-refractivity contribution in [3.63, 3.8) is 0 Å². The van der Waals surface area contributed by atoms with Crippen LogP contribution in [0.3, 0.4) is 0 Å². The van der Waals surface area contributed by atoms with Gasteiger partial charge in [-0.15, -0.1) is 0 Å². The maximum absolute atomic E-state index is 12.7. The number of amides is 1. The monoisotopic (exact) mass is 274 g/mol. The van der Waals surface area contributed by atoms with E-state index in [1.807, 2.05) is 18.0 Å². The maximum atomic E-state index is 12.7. The minimum atomic E-state index is -0.181. The Bertz CT molecular complexity index is 470. The van der Waals surface area contributed by atoms with Crippen LogP contribution in [0.1, 0.15) is 44.4 Å². The van der Waals surface area contributed by atoms with Crippen LogP contribution in [-0.4, -0.2) is 30.4 Å². The summed E-state index contributed by atoms with van der Waals surface area (Å²) >= 11 is 0. The van der Waals surface area contributed by atoms with Gasteiger partial charge in [-0.1, -0.05) is 38.1 Å². The van der Waals surface area contributed by atoms with E-state index in [1.54, 1.807) is 0 Å². The van der Waals surface area contributed by atoms with Gasteiger partial charge in [-0.05, 0) is 36.8 Å². The van der Waals surface area contributed by atoms with Gasteiger partial charge < -0.3 is 10.2 Å². The Balaban J connectivity index is 2.14. The first-order valence-electron chi connectivity index (χ1n) is 7.58. The van der Waals surface area contributed by atoms with Crippen molar-refractivity contribution in [3.8, 4) is 0 Å². The molecule has 3 nitrogen and oxygen atoms in total. The molecule has 0 spiro atoms. The van der Waals surface area contributed by atoms with Gasteiger partial charge in [-0.25, -0.2) is 0 Å². The van der Waals surface area contributed by atoms with E-state index in [0.29, 0.717) is 5.92 Å². The zero-order valence-corrected chi connectivity index (χ0v) is 13.0. The van der Waals surface area contributed by atoms with Crippen LogP contribution in [0.25, 0.3) is 0 Å². The normalized spacial score (nSPS) is 19.6. The lowest BCUT2D eigenvalue weighted by Gasteiger charge is -2.33. The van der Waals surface area contributed by atoms with Crippen LogP contribution in [0.4, 0.5) is 0 Å². The van der Waals surface area contributed by atoms with E-state index >= 15 is 0 Å². The van der Waals surface area contributed by atoms with Crippen molar-refractivity contribution in [2.45, 2.75) is 45.7 Å². The number of rotatable bonds is 4. The molecule has 1 N–H and O–H groups in total. The summed E-state index contributed by atoms with van der Waals surface area (Å²) < 4.78 is 0. The number of carbonyl (C=O) groups excluding carboxylic acids is 1. The number of hydrogen-bond acceptors (Lipinski definition) is 2. The molecule has 0 aliphatic carbocycles. The lowest BCUT2D eigenvalue weighted by Crippen LogP contribution is -2.45. The van der Waals surface area contributed by atoms with Gasteiger partial charge in [0, 0.05) is 19.6 Å². The molecule has 0 radical (unpaired) electrons. The van der Waals surface area contributed by atoms with E-state index in [1.165, 1.54) is 5.56 Å². The van der Waals surface area contributed by atoms with E-state index in [-0.39, 0.29) is 18.0 Å². The van der Waals surface area contributed by atoms with E-state index in [2.05, 4.69) is 44.3 Å². The third kappa shape index (κ3) is 3.21. The fourth-order valence-electron chi connectivity index (χ4n) is 2.99. The van der Waals surface area contributed by atoms with Gasteiger partial charge in [-0.2, -0.15) is 0 Å². The molecule has 0 fully saturated rings. The quantitative estimate of drug-likeness (QED) is 0.915. The van der Waals surface area contributed by atoms with Crippen LogP contribution >= 0.6 is 0 Å². The van der Waals surface area contributed by atoms with Crippen molar-refractivity contribution in [2.24, 2.45) is 5.92 Å². The second kappa shape index (κ2) is 6.40. The minimum absolute atomic E-state index is 0.181. The van der Waals surface area contributed by atoms with Crippen molar-refractivity contribution in [3.05, 3.63) is 35.4 Å². The highest BCUT2D eigenvalue weighted by atomic mass is 16.2. The van der Waals surface area contributed by atoms with E-state index in [0.717, 1.165) is 24.9 Å². The van der Waals surface area contributed by atoms with Crippen LogP contribution in [0.2, 0.25) is 0 Å². The number of fused-ring (bicyclic) bond motifs is 1. The predicted octanol–water partition coefficient (Wildman–Crippen LogP) is 2.77. The average molecular weight is 274 g/mol. The van der Waals surface area contributed by atoms with Gasteiger partial charge in [0.2, 0.25) is 5.91 Å². The molecule has 1 aromatic rings. The van der Waals surface area contributed by atoms with E-state index in [4.69, 9.17) is 0 Å². The molecular weight excluding hydrogens is 248 g/mol. The molecule has 1 aliphatic rings. The molecule has 0 saturated heterocycles. The largest absolute Gasteiger partial charge is 0.341 e. The molecule has 110 valence electrons. The number of likely N-dealkylation sites (N-methyl/N-ethyl adjacent to an activating group) is 1. The summed E-state index contributed by atoms with van der Waals surface area (Å²) in [5, 5.41) is 3.37. The third-order valence-electron chi connectivity index (χ3n) is 4.18. The molecule has 2 atom stereocenters. The minimum Gasteiger partial charge on any atom is -0.341 e. The maximum Gasteiger partial charge on any atom is 0.244 e. The van der Waals surface area contributed by atoms with Gasteiger partial charge in [0.15, 0.2) is 0 Å². The highest BCUT2D eigenvalue weighted by Crippen LogP contribution is 2.25. The van der Waals surface area contributed by atoms with Crippen molar-refractivity contribution in [1.82, 2.24) is 10.2 Å². The van der Waals surface area contributed by atoms with Gasteiger partial charge in [0.05, 0.1) is 0 Å². The zero-order valence-electron chi connectivity index (χ0n) is 13.0. The summed E-state index contributed by atoms with van der Waals surface area (Å²) in [5.41, 5.74) is 2.45. The highest BCUT2D eigenvalue weighted by Gasteiger charge is 2.29. The Morgan fingerprint density at radius 2 is 2.05 bits per heavy atom. The van der Waals surface area contributed by atoms with Crippen molar-refractivity contribution >= 4 is 5.91 Å². The van der Waals surface area contributed by atoms with Crippen molar-refractivity contribution < 1.29 is 4.79 Å². The molecule has 20 heavy (non-hydrogen) atoms. The Kier molecular flexibility index (Phi) is 4.81. The van der Waals surface area contributed by atoms with Gasteiger partial charge in [0.25, 0.3) is 0 Å².